The van der Waals surface area contributed by atoms with Crippen LogP contribution in [0.1, 0.15) is 24.1 Å². The molecule has 1 nitrogen and oxygen atoms in total. The van der Waals surface area contributed by atoms with Gasteiger partial charge in [-0.25, -0.2) is 0 Å². The van der Waals surface area contributed by atoms with Crippen molar-refractivity contribution in [2.45, 2.75) is 29.5 Å². The van der Waals surface area contributed by atoms with Crippen molar-refractivity contribution in [3.63, 3.8) is 0 Å². The van der Waals surface area contributed by atoms with E-state index in [1.807, 2.05) is 0 Å². The van der Waals surface area contributed by atoms with E-state index in [9.17, 15) is 0 Å². The summed E-state index contributed by atoms with van der Waals surface area (Å²) in [6, 6.07) is 18.4. The molecule has 0 saturated heterocycles. The van der Waals surface area contributed by atoms with Gasteiger partial charge < -0.3 is 4.90 Å². The zero-order valence-corrected chi connectivity index (χ0v) is 11.9. The van der Waals surface area contributed by atoms with Crippen LogP contribution in [-0.2, 0) is 6.42 Å². The molecule has 0 aromatic heterocycles. The molecule has 96 valence electrons. The minimum Gasteiger partial charge on any atom is -0.363 e. The molecular weight excluding hydrogens is 250 g/mol. The smallest absolute Gasteiger partial charge is 0.0670 e. The Morgan fingerprint density at radius 1 is 1.11 bits per heavy atom. The summed E-state index contributed by atoms with van der Waals surface area (Å²) in [6.07, 6.45) is 1.20. The molecule has 0 bridgehead atoms. The van der Waals surface area contributed by atoms with Gasteiger partial charge in [-0.3, -0.25) is 0 Å². The Balaban J connectivity index is 1.86. The van der Waals surface area contributed by atoms with Crippen molar-refractivity contribution in [1.82, 2.24) is 0 Å². The Kier molecular flexibility index (Phi) is 2.59. The molecule has 2 heteroatoms. The molecule has 0 amide bonds. The Labute approximate surface area is 118 Å². The third kappa shape index (κ3) is 1.63. The molecule has 2 aliphatic rings. The number of hydrogen-bond donors (Lipinski definition) is 0. The van der Waals surface area contributed by atoms with Crippen LogP contribution >= 0.6 is 11.8 Å². The molecule has 2 aromatic rings. The van der Waals surface area contributed by atoms with Gasteiger partial charge >= 0.3 is 0 Å². The molecule has 4 rings (SSSR count). The van der Waals surface area contributed by atoms with Crippen molar-refractivity contribution in [2.24, 2.45) is 0 Å². The van der Waals surface area contributed by atoms with E-state index in [-0.39, 0.29) is 0 Å². The number of benzene rings is 2. The Hall–Kier alpha value is -1.41. The van der Waals surface area contributed by atoms with Gasteiger partial charge in [0.25, 0.3) is 0 Å². The summed E-state index contributed by atoms with van der Waals surface area (Å²) in [7, 11) is 0. The fraction of sp³-hybridized carbons (Fsp3) is 0.294. The predicted molar refractivity (Wildman–Crippen MR) is 82.0 cm³/mol. The summed E-state index contributed by atoms with van der Waals surface area (Å²) < 4.78 is 0. The predicted octanol–water partition coefficient (Wildman–Crippen LogP) is 4.28. The topological polar surface area (TPSA) is 3.24 Å². The van der Waals surface area contributed by atoms with Crippen LogP contribution < -0.4 is 4.90 Å². The fourth-order valence-electron chi connectivity index (χ4n) is 3.49. The van der Waals surface area contributed by atoms with Crippen molar-refractivity contribution in [3.05, 3.63) is 59.7 Å². The molecule has 1 aliphatic carbocycles. The molecule has 2 unspecified atom stereocenters. The lowest BCUT2D eigenvalue weighted by atomic mass is 10.1. The quantitative estimate of drug-likeness (QED) is 0.758. The third-order valence-corrected chi connectivity index (χ3v) is 5.60. The highest BCUT2D eigenvalue weighted by Crippen LogP contribution is 2.52. The van der Waals surface area contributed by atoms with Gasteiger partial charge in [0.2, 0.25) is 0 Å². The van der Waals surface area contributed by atoms with E-state index >= 15 is 0 Å². The number of thioether (sulfide) groups is 1. The van der Waals surface area contributed by atoms with Gasteiger partial charge in [0.05, 0.1) is 11.7 Å². The molecule has 0 spiro atoms. The second-order valence-electron chi connectivity index (χ2n) is 5.26. The zero-order valence-electron chi connectivity index (χ0n) is 11.0. The van der Waals surface area contributed by atoms with Crippen molar-refractivity contribution < 1.29 is 0 Å². The maximum absolute atomic E-state index is 2.59. The number of fused-ring (bicyclic) bond motifs is 4. The molecule has 19 heavy (non-hydrogen) atoms. The maximum Gasteiger partial charge on any atom is 0.0670 e. The summed E-state index contributed by atoms with van der Waals surface area (Å²) >= 11 is 2.06. The van der Waals surface area contributed by atoms with Crippen molar-refractivity contribution in [1.29, 1.82) is 0 Å². The standard InChI is InChI=1S/C17H17NS/c1-2-18-14-9-5-6-10-15(14)19-16-11-12-7-3-4-8-13(12)17(16)18/h3-10,16-17H,2,11H2,1H3. The molecule has 0 fully saturated rings. The van der Waals surface area contributed by atoms with E-state index in [1.165, 1.54) is 28.1 Å². The van der Waals surface area contributed by atoms with Gasteiger partial charge in [0, 0.05) is 16.7 Å². The molecule has 1 aliphatic heterocycles. The third-order valence-electron chi connectivity index (χ3n) is 4.28. The average Bonchev–Trinajstić information content (AvgIpc) is 2.82. The fourth-order valence-corrected chi connectivity index (χ4v) is 4.96. The highest BCUT2D eigenvalue weighted by Gasteiger charge is 2.40. The van der Waals surface area contributed by atoms with Gasteiger partial charge in [-0.15, -0.1) is 11.8 Å². The minimum atomic E-state index is 0.557. The monoisotopic (exact) mass is 267 g/mol. The van der Waals surface area contributed by atoms with Crippen molar-refractivity contribution >= 4 is 17.4 Å². The van der Waals surface area contributed by atoms with Gasteiger partial charge in [-0.1, -0.05) is 36.4 Å². The molecule has 1 heterocycles. The van der Waals surface area contributed by atoms with E-state index in [4.69, 9.17) is 0 Å². The SMILES string of the molecule is CCN1c2ccccc2SC2Cc3ccccc3C21. The van der Waals surface area contributed by atoms with Crippen molar-refractivity contribution in [2.75, 3.05) is 11.4 Å². The van der Waals surface area contributed by atoms with Crippen LogP contribution in [0, 0.1) is 0 Å². The summed E-state index contributed by atoms with van der Waals surface area (Å²) in [6.45, 7) is 3.35. The number of nitrogens with zero attached hydrogens (tertiary/aromatic N) is 1. The van der Waals surface area contributed by atoms with Crippen LogP contribution in [0.2, 0.25) is 0 Å². The number of hydrogen-bond acceptors (Lipinski definition) is 2. The van der Waals surface area contributed by atoms with E-state index in [1.54, 1.807) is 0 Å². The number of para-hydroxylation sites is 1. The molecule has 2 aromatic carbocycles. The second-order valence-corrected chi connectivity index (χ2v) is 6.54. The largest absolute Gasteiger partial charge is 0.363 e. The summed E-state index contributed by atoms with van der Waals surface area (Å²) in [5, 5.41) is 0.673. The molecule has 0 saturated carbocycles. The van der Waals surface area contributed by atoms with Crippen LogP contribution in [0.15, 0.2) is 53.4 Å². The normalized spacial score (nSPS) is 23.7. The van der Waals surface area contributed by atoms with Gasteiger partial charge in [0.15, 0.2) is 0 Å². The molecule has 0 radical (unpaired) electrons. The number of anilines is 1. The van der Waals surface area contributed by atoms with Crippen LogP contribution in [0.5, 0.6) is 0 Å². The van der Waals surface area contributed by atoms with Crippen LogP contribution in [-0.4, -0.2) is 11.8 Å². The molecule has 2 atom stereocenters. The van der Waals surface area contributed by atoms with E-state index in [0.717, 1.165) is 6.54 Å². The molecular formula is C17H17NS. The maximum atomic E-state index is 2.59. The lowest BCUT2D eigenvalue weighted by Crippen LogP contribution is -2.36. The summed E-state index contributed by atoms with van der Waals surface area (Å²) in [5.41, 5.74) is 4.49. The van der Waals surface area contributed by atoms with Crippen LogP contribution in [0.25, 0.3) is 0 Å². The first kappa shape index (κ1) is 11.4. The number of rotatable bonds is 1. The average molecular weight is 267 g/mol. The highest BCUT2D eigenvalue weighted by atomic mass is 32.2. The highest BCUT2D eigenvalue weighted by molar-refractivity contribution is 8.00. The lowest BCUT2D eigenvalue weighted by molar-refractivity contribution is 0.626. The van der Waals surface area contributed by atoms with Gasteiger partial charge in [-0.05, 0) is 36.6 Å². The molecule has 0 N–H and O–H groups in total. The Morgan fingerprint density at radius 3 is 2.79 bits per heavy atom. The van der Waals surface area contributed by atoms with Crippen LogP contribution in [0.3, 0.4) is 0 Å². The zero-order chi connectivity index (χ0) is 12.8. The second kappa shape index (κ2) is 4.31. The first-order valence-electron chi connectivity index (χ1n) is 6.98. The first-order chi connectivity index (χ1) is 9.38. The minimum absolute atomic E-state index is 0.557. The Morgan fingerprint density at radius 2 is 1.89 bits per heavy atom. The first-order valence-corrected chi connectivity index (χ1v) is 7.86. The van der Waals surface area contributed by atoms with Crippen LogP contribution in [0.4, 0.5) is 5.69 Å². The lowest BCUT2D eigenvalue weighted by Gasteiger charge is -2.40. The summed E-state index contributed by atoms with van der Waals surface area (Å²) in [4.78, 5) is 4.03. The Bertz CT molecular complexity index is 622. The van der Waals surface area contributed by atoms with E-state index < -0.39 is 0 Å². The van der Waals surface area contributed by atoms with Crippen molar-refractivity contribution in [3.8, 4) is 0 Å². The summed E-state index contributed by atoms with van der Waals surface area (Å²) in [5.74, 6) is 0. The van der Waals surface area contributed by atoms with E-state index in [2.05, 4.69) is 72.1 Å². The van der Waals surface area contributed by atoms with Gasteiger partial charge in [0.1, 0.15) is 0 Å². The van der Waals surface area contributed by atoms with Gasteiger partial charge in [-0.2, -0.15) is 0 Å². The van der Waals surface area contributed by atoms with E-state index in [0.29, 0.717) is 11.3 Å².